The molecule has 32 heavy (non-hydrogen) atoms. The summed E-state index contributed by atoms with van der Waals surface area (Å²) in [6, 6.07) is 0. The van der Waals surface area contributed by atoms with Gasteiger partial charge in [-0.2, -0.15) is 0 Å². The van der Waals surface area contributed by atoms with Crippen molar-refractivity contribution in [1.29, 1.82) is 0 Å². The van der Waals surface area contributed by atoms with Gasteiger partial charge in [0.1, 0.15) is 12.1 Å². The van der Waals surface area contributed by atoms with E-state index in [1.807, 2.05) is 0 Å². The summed E-state index contributed by atoms with van der Waals surface area (Å²) < 4.78 is 5.45. The van der Waals surface area contributed by atoms with Crippen LogP contribution in [-0.4, -0.2) is 45.7 Å². The fourth-order valence-corrected chi connectivity index (χ4v) is 4.24. The first-order valence-electron chi connectivity index (χ1n) is 11.1. The molecule has 0 aromatic carbocycles. The molecule has 3 aliphatic rings. The zero-order valence-electron chi connectivity index (χ0n) is 18.8. The largest absolute Gasteiger partial charge is 0.480 e. The number of nitrogens with zero attached hydrogens (tertiary/aromatic N) is 1. The lowest BCUT2D eigenvalue weighted by Crippen LogP contribution is -2.43. The number of allylic oxidation sites excluding steroid dienone is 4. The Morgan fingerprint density at radius 1 is 1.16 bits per heavy atom. The third-order valence-corrected chi connectivity index (χ3v) is 5.92. The van der Waals surface area contributed by atoms with Gasteiger partial charge in [0.25, 0.3) is 0 Å². The molecule has 2 aliphatic heterocycles. The zero-order chi connectivity index (χ0) is 23.5. The lowest BCUT2D eigenvalue weighted by atomic mass is 9.76. The molecule has 170 valence electrons. The highest BCUT2D eigenvalue weighted by molar-refractivity contribution is 6.25. The minimum Gasteiger partial charge on any atom is -0.480 e. The molecule has 7 nitrogen and oxygen atoms in total. The molecule has 1 atom stereocenters. The van der Waals surface area contributed by atoms with Crippen molar-refractivity contribution in [2.45, 2.75) is 64.9 Å². The molecule has 2 heterocycles. The van der Waals surface area contributed by atoms with E-state index in [1.54, 1.807) is 31.2 Å². The Bertz CT molecular complexity index is 1010. The second kappa shape index (κ2) is 9.51. The summed E-state index contributed by atoms with van der Waals surface area (Å²) in [5.41, 5.74) is 0.0461. The van der Waals surface area contributed by atoms with E-state index < -0.39 is 23.3 Å². The Kier molecular flexibility index (Phi) is 6.96. The summed E-state index contributed by atoms with van der Waals surface area (Å²) in [5, 5.41) is 9.23. The number of aliphatic carboxylic acids is 1. The first-order valence-corrected chi connectivity index (χ1v) is 11.1. The van der Waals surface area contributed by atoms with Crippen molar-refractivity contribution in [3.63, 3.8) is 0 Å². The monoisotopic (exact) mass is 439 g/mol. The number of ketones is 2. The molecule has 1 aliphatic carbocycles. The van der Waals surface area contributed by atoms with Gasteiger partial charge < -0.3 is 14.7 Å². The Morgan fingerprint density at radius 3 is 2.53 bits per heavy atom. The van der Waals surface area contributed by atoms with Crippen molar-refractivity contribution >= 4 is 23.5 Å². The van der Waals surface area contributed by atoms with E-state index in [2.05, 4.69) is 6.92 Å². The van der Waals surface area contributed by atoms with Crippen molar-refractivity contribution in [3.8, 4) is 0 Å². The minimum atomic E-state index is -1.58. The van der Waals surface area contributed by atoms with Crippen LogP contribution in [0.3, 0.4) is 0 Å². The maximum absolute atomic E-state index is 13.4. The number of ether oxygens (including phenoxy) is 1. The number of hydrogen-bond donors (Lipinski definition) is 1. The number of fused-ring (bicyclic) bond motifs is 2. The fourth-order valence-electron chi connectivity index (χ4n) is 4.24. The molecular formula is C25H29NO6. The van der Waals surface area contributed by atoms with Gasteiger partial charge in [0.05, 0.1) is 0 Å². The van der Waals surface area contributed by atoms with E-state index in [1.165, 1.54) is 18.0 Å². The first-order chi connectivity index (χ1) is 15.2. The van der Waals surface area contributed by atoms with Gasteiger partial charge in [-0.05, 0) is 44.1 Å². The number of carboxylic acid groups (broad SMARTS) is 1. The highest BCUT2D eigenvalue weighted by atomic mass is 16.6. The number of unbranched alkanes of at least 4 members (excludes halogenated alkanes) is 4. The average Bonchev–Trinajstić information content (AvgIpc) is 2.99. The number of Topliss-reactive ketones (excluding diaryl/α,β-unsaturated/α-hetero) is 2. The maximum atomic E-state index is 13.4. The molecular weight excluding hydrogens is 410 g/mol. The van der Waals surface area contributed by atoms with Crippen LogP contribution in [0.15, 0.2) is 58.5 Å². The molecule has 0 bridgehead atoms. The molecule has 0 spiro atoms. The van der Waals surface area contributed by atoms with Crippen molar-refractivity contribution < 1.29 is 29.0 Å². The number of carbonyl (C=O) groups is 4. The van der Waals surface area contributed by atoms with E-state index in [9.17, 15) is 24.3 Å². The number of esters is 1. The molecule has 0 saturated carbocycles. The fraction of sp³-hybridized carbons (Fsp3) is 0.440. The third-order valence-electron chi connectivity index (χ3n) is 5.92. The first kappa shape index (κ1) is 23.4. The lowest BCUT2D eigenvalue weighted by molar-refractivity contribution is -0.153. The summed E-state index contributed by atoms with van der Waals surface area (Å²) in [7, 11) is 0. The van der Waals surface area contributed by atoms with Gasteiger partial charge >= 0.3 is 11.9 Å². The van der Waals surface area contributed by atoms with Crippen LogP contribution in [0.5, 0.6) is 0 Å². The number of carboxylic acids is 1. The van der Waals surface area contributed by atoms with E-state index in [4.69, 9.17) is 4.74 Å². The van der Waals surface area contributed by atoms with Crippen LogP contribution in [0.1, 0.15) is 59.3 Å². The summed E-state index contributed by atoms with van der Waals surface area (Å²) in [5.74, 6) is -2.58. The van der Waals surface area contributed by atoms with Gasteiger partial charge in [-0.15, -0.1) is 0 Å². The smallest absolute Gasteiger partial charge is 0.343 e. The Labute approximate surface area is 187 Å². The molecule has 0 aromatic heterocycles. The zero-order valence-corrected chi connectivity index (χ0v) is 18.8. The van der Waals surface area contributed by atoms with E-state index in [-0.39, 0.29) is 29.9 Å². The average molecular weight is 440 g/mol. The van der Waals surface area contributed by atoms with Crippen LogP contribution in [0.25, 0.3) is 0 Å². The highest BCUT2D eigenvalue weighted by Gasteiger charge is 2.54. The van der Waals surface area contributed by atoms with E-state index in [0.717, 1.165) is 25.7 Å². The van der Waals surface area contributed by atoms with Gasteiger partial charge in [-0.1, -0.05) is 38.7 Å². The highest BCUT2D eigenvalue weighted by Crippen LogP contribution is 2.44. The minimum absolute atomic E-state index is 0.0446. The Morgan fingerprint density at radius 2 is 1.88 bits per heavy atom. The lowest BCUT2D eigenvalue weighted by Gasteiger charge is -2.34. The van der Waals surface area contributed by atoms with Crippen LogP contribution < -0.4 is 0 Å². The molecule has 0 radical (unpaired) electrons. The molecule has 0 saturated heterocycles. The summed E-state index contributed by atoms with van der Waals surface area (Å²) >= 11 is 0. The molecule has 1 unspecified atom stereocenters. The van der Waals surface area contributed by atoms with Crippen LogP contribution >= 0.6 is 0 Å². The predicted octanol–water partition coefficient (Wildman–Crippen LogP) is 3.78. The second-order valence-corrected chi connectivity index (χ2v) is 8.36. The second-order valence-electron chi connectivity index (χ2n) is 8.36. The van der Waals surface area contributed by atoms with Gasteiger partial charge in [0, 0.05) is 29.5 Å². The summed E-state index contributed by atoms with van der Waals surface area (Å²) in [6.45, 7) is 5.09. The molecule has 0 fully saturated rings. The molecule has 1 N–H and O–H groups in total. The molecule has 0 amide bonds. The van der Waals surface area contributed by atoms with Gasteiger partial charge in [0.2, 0.25) is 5.78 Å². The summed E-state index contributed by atoms with van der Waals surface area (Å²) in [6.07, 6.45) is 13.4. The Hall–Kier alpha value is -3.22. The molecule has 7 heteroatoms. The number of rotatable bonds is 10. The van der Waals surface area contributed by atoms with Gasteiger partial charge in [0.15, 0.2) is 11.4 Å². The standard InChI is InChI=1S/C25H29NO6/c1-4-6-7-8-9-11-20(27)22-19-13-16-12-17(10-5-2)26(15-21(28)29)14-18(16)23(30)25(19,3)32-24(22)31/h5,10,12-14H,4,6-9,11,15H2,1-3H3,(H,28,29)/b10-5+. The van der Waals surface area contributed by atoms with Crippen LogP contribution in [0.2, 0.25) is 0 Å². The van der Waals surface area contributed by atoms with Crippen LogP contribution in [0.4, 0.5) is 0 Å². The van der Waals surface area contributed by atoms with Crippen molar-refractivity contribution in [1.82, 2.24) is 4.90 Å². The van der Waals surface area contributed by atoms with Crippen molar-refractivity contribution in [2.24, 2.45) is 0 Å². The summed E-state index contributed by atoms with van der Waals surface area (Å²) in [4.78, 5) is 51.6. The van der Waals surface area contributed by atoms with Crippen LogP contribution in [0, 0.1) is 0 Å². The third kappa shape index (κ3) is 4.38. The number of carbonyl (C=O) groups excluding carboxylic acids is 3. The SMILES string of the molecule is C/C=C/C1=CC2=CC3=C(C(=O)CCCCCCC)C(=O)OC3(C)C(=O)C2=CN1CC(=O)O. The van der Waals surface area contributed by atoms with E-state index in [0.29, 0.717) is 23.3 Å². The van der Waals surface area contributed by atoms with Crippen LogP contribution in [-0.2, 0) is 23.9 Å². The number of hydrogen-bond acceptors (Lipinski definition) is 6. The van der Waals surface area contributed by atoms with Gasteiger partial charge in [-0.3, -0.25) is 14.4 Å². The molecule has 0 aromatic rings. The topological polar surface area (TPSA) is 101 Å². The predicted molar refractivity (Wildman–Crippen MR) is 118 cm³/mol. The maximum Gasteiger partial charge on any atom is 0.343 e. The normalized spacial score (nSPS) is 22.3. The van der Waals surface area contributed by atoms with Gasteiger partial charge in [-0.25, -0.2) is 4.79 Å². The molecule has 3 rings (SSSR count). The van der Waals surface area contributed by atoms with Crippen molar-refractivity contribution in [3.05, 3.63) is 58.5 Å². The van der Waals surface area contributed by atoms with E-state index >= 15 is 0 Å². The van der Waals surface area contributed by atoms with Crippen molar-refractivity contribution in [2.75, 3.05) is 6.54 Å². The Balaban J connectivity index is 1.99. The quantitative estimate of drug-likeness (QED) is 0.314.